The van der Waals surface area contributed by atoms with Gasteiger partial charge in [0.2, 0.25) is 0 Å². The molecule has 0 fully saturated rings. The lowest BCUT2D eigenvalue weighted by Crippen LogP contribution is -2.41. The van der Waals surface area contributed by atoms with Crippen LogP contribution in [0.4, 0.5) is 11.4 Å². The average molecular weight is 517 g/mol. The summed E-state index contributed by atoms with van der Waals surface area (Å²) in [5.74, 6) is 0.847. The molecule has 2 aromatic heterocycles. The van der Waals surface area contributed by atoms with Crippen LogP contribution in [0.3, 0.4) is 0 Å². The Morgan fingerprint density at radius 2 is 1.86 bits per heavy atom. The normalized spacial score (nSPS) is 12.3. The third kappa shape index (κ3) is 6.96. The molecule has 3 rings (SSSR count). The van der Waals surface area contributed by atoms with Crippen LogP contribution < -0.4 is 9.62 Å². The Hall–Kier alpha value is -2.69. The van der Waals surface area contributed by atoms with E-state index in [1.807, 2.05) is 58.0 Å². The summed E-state index contributed by atoms with van der Waals surface area (Å²) in [6, 6.07) is 7.39. The molecule has 0 aliphatic carbocycles. The summed E-state index contributed by atoms with van der Waals surface area (Å²) in [7, 11) is 2.36. The highest BCUT2D eigenvalue weighted by Gasteiger charge is 2.24. The molecule has 0 aliphatic rings. The summed E-state index contributed by atoms with van der Waals surface area (Å²) in [6.07, 6.45) is 4.27. The Morgan fingerprint density at radius 1 is 1.11 bits per heavy atom. The third-order valence-corrected chi connectivity index (χ3v) is 7.95. The van der Waals surface area contributed by atoms with Crippen LogP contribution in [-0.4, -0.2) is 68.1 Å². The zero-order chi connectivity index (χ0) is 26.5. The van der Waals surface area contributed by atoms with Gasteiger partial charge in [-0.2, -0.15) is 22.9 Å². The number of unbranched alkanes of at least 4 members (excludes halogenated alkanes) is 1. The van der Waals surface area contributed by atoms with Gasteiger partial charge in [-0.05, 0) is 64.9 Å². The van der Waals surface area contributed by atoms with Crippen molar-refractivity contribution in [3.05, 3.63) is 47.5 Å². The molecule has 3 aromatic rings. The summed E-state index contributed by atoms with van der Waals surface area (Å²) in [5, 5.41) is 9.30. The number of aromatic nitrogens is 2. The van der Waals surface area contributed by atoms with Gasteiger partial charge in [0.1, 0.15) is 11.3 Å². The topological polar surface area (TPSA) is 94.8 Å². The first-order valence-corrected chi connectivity index (χ1v) is 13.9. The summed E-state index contributed by atoms with van der Waals surface area (Å²) >= 11 is 0. The van der Waals surface area contributed by atoms with Gasteiger partial charge in [-0.25, -0.2) is 0 Å². The van der Waals surface area contributed by atoms with E-state index in [1.54, 1.807) is 12.3 Å². The molecule has 0 saturated carbocycles. The molecule has 0 aliphatic heterocycles. The van der Waals surface area contributed by atoms with Gasteiger partial charge in [0.15, 0.2) is 0 Å². The molecule has 2 heterocycles. The second-order valence-electron chi connectivity index (χ2n) is 9.80. The molecule has 36 heavy (non-hydrogen) atoms. The lowest BCUT2D eigenvalue weighted by Gasteiger charge is -2.26. The van der Waals surface area contributed by atoms with Crippen LogP contribution in [0.2, 0.25) is 0 Å². The van der Waals surface area contributed by atoms with Gasteiger partial charge >= 0.3 is 10.2 Å². The predicted octanol–water partition coefficient (Wildman–Crippen LogP) is 4.44. The van der Waals surface area contributed by atoms with Gasteiger partial charge in [0, 0.05) is 50.7 Å². The van der Waals surface area contributed by atoms with Crippen molar-refractivity contribution in [2.45, 2.75) is 59.5 Å². The number of nitrogens with zero attached hydrogens (tertiary/aromatic N) is 5. The highest BCUT2D eigenvalue weighted by molar-refractivity contribution is 7.90. The Morgan fingerprint density at radius 3 is 2.53 bits per heavy atom. The van der Waals surface area contributed by atoms with Gasteiger partial charge in [0.05, 0.1) is 23.3 Å². The zero-order valence-corrected chi connectivity index (χ0v) is 23.4. The van der Waals surface area contributed by atoms with Crippen molar-refractivity contribution in [1.82, 2.24) is 19.4 Å². The van der Waals surface area contributed by atoms with E-state index in [9.17, 15) is 8.42 Å². The van der Waals surface area contributed by atoms with Gasteiger partial charge in [0.25, 0.3) is 0 Å². The first-order valence-electron chi connectivity index (χ1n) is 12.5. The number of hydrogen-bond acceptors (Lipinski definition) is 7. The SMILES string of the molecule is CCCCN(C(C)C)S(=O)(=O)Nc1ccc2oc(C)c(CCN(C)Cc3cc(N(C)C)cnn3)c2c1. The van der Waals surface area contributed by atoms with Crippen molar-refractivity contribution >= 4 is 32.6 Å². The number of furan rings is 1. The van der Waals surface area contributed by atoms with Crippen molar-refractivity contribution in [1.29, 1.82) is 0 Å². The maximum atomic E-state index is 13.1. The van der Waals surface area contributed by atoms with Crippen molar-refractivity contribution in [2.75, 3.05) is 43.9 Å². The summed E-state index contributed by atoms with van der Waals surface area (Å²) < 4.78 is 36.5. The van der Waals surface area contributed by atoms with Crippen LogP contribution in [0, 0.1) is 6.92 Å². The second-order valence-corrected chi connectivity index (χ2v) is 11.4. The van der Waals surface area contributed by atoms with Crippen LogP contribution in [0.25, 0.3) is 11.0 Å². The lowest BCUT2D eigenvalue weighted by molar-refractivity contribution is 0.325. The van der Waals surface area contributed by atoms with E-state index in [2.05, 4.69) is 33.8 Å². The Kier molecular flexibility index (Phi) is 9.32. The summed E-state index contributed by atoms with van der Waals surface area (Å²) in [5.41, 5.74) is 4.30. The molecule has 10 heteroatoms. The smallest absolute Gasteiger partial charge is 0.301 e. The quantitative estimate of drug-likeness (QED) is 0.359. The van der Waals surface area contributed by atoms with Crippen LogP contribution in [0.5, 0.6) is 0 Å². The molecule has 0 radical (unpaired) electrons. The molecule has 198 valence electrons. The number of likely N-dealkylation sites (N-methyl/N-ethyl adjacent to an activating group) is 1. The van der Waals surface area contributed by atoms with Crippen molar-refractivity contribution < 1.29 is 12.8 Å². The van der Waals surface area contributed by atoms with E-state index >= 15 is 0 Å². The molecule has 0 spiro atoms. The Bertz CT molecular complexity index is 1260. The first kappa shape index (κ1) is 27.9. The van der Waals surface area contributed by atoms with E-state index in [4.69, 9.17) is 4.42 Å². The van der Waals surface area contributed by atoms with E-state index in [0.717, 1.165) is 59.5 Å². The fourth-order valence-corrected chi connectivity index (χ4v) is 5.67. The fraction of sp³-hybridized carbons (Fsp3) is 0.538. The minimum absolute atomic E-state index is 0.122. The summed E-state index contributed by atoms with van der Waals surface area (Å²) in [6.45, 7) is 9.77. The molecule has 0 atom stereocenters. The van der Waals surface area contributed by atoms with Crippen molar-refractivity contribution in [3.63, 3.8) is 0 Å². The second kappa shape index (κ2) is 12.0. The molecule has 0 bridgehead atoms. The average Bonchev–Trinajstić information content (AvgIpc) is 3.11. The van der Waals surface area contributed by atoms with Crippen LogP contribution in [0.15, 0.2) is 34.9 Å². The highest BCUT2D eigenvalue weighted by Crippen LogP contribution is 2.29. The molecule has 0 unspecified atom stereocenters. The Labute approximate surface area is 215 Å². The number of anilines is 2. The Balaban J connectivity index is 1.75. The molecule has 9 nitrogen and oxygen atoms in total. The highest BCUT2D eigenvalue weighted by atomic mass is 32.2. The van der Waals surface area contributed by atoms with E-state index in [-0.39, 0.29) is 6.04 Å². The van der Waals surface area contributed by atoms with Crippen molar-refractivity contribution in [2.24, 2.45) is 0 Å². The van der Waals surface area contributed by atoms with E-state index in [1.165, 1.54) is 4.31 Å². The molecule has 1 N–H and O–H groups in total. The van der Waals surface area contributed by atoms with Crippen LogP contribution >= 0.6 is 0 Å². The molecule has 1 aromatic carbocycles. The summed E-state index contributed by atoms with van der Waals surface area (Å²) in [4.78, 5) is 4.21. The lowest BCUT2D eigenvalue weighted by atomic mass is 10.1. The maximum absolute atomic E-state index is 13.1. The molecule has 0 saturated heterocycles. The number of fused-ring (bicyclic) bond motifs is 1. The maximum Gasteiger partial charge on any atom is 0.301 e. The predicted molar refractivity (Wildman–Crippen MR) is 147 cm³/mol. The minimum Gasteiger partial charge on any atom is -0.461 e. The van der Waals surface area contributed by atoms with E-state index < -0.39 is 10.2 Å². The van der Waals surface area contributed by atoms with Gasteiger partial charge in [-0.3, -0.25) is 4.72 Å². The zero-order valence-electron chi connectivity index (χ0n) is 22.6. The fourth-order valence-electron chi connectivity index (χ4n) is 4.20. The van der Waals surface area contributed by atoms with Gasteiger partial charge < -0.3 is 14.2 Å². The number of benzene rings is 1. The van der Waals surface area contributed by atoms with Crippen LogP contribution in [0.1, 0.15) is 50.6 Å². The largest absolute Gasteiger partial charge is 0.461 e. The van der Waals surface area contributed by atoms with Gasteiger partial charge in [-0.1, -0.05) is 13.3 Å². The molecular formula is C26H40N6O3S. The third-order valence-electron chi connectivity index (χ3n) is 6.24. The monoisotopic (exact) mass is 516 g/mol. The molecule has 0 amide bonds. The number of aryl methyl sites for hydroxylation is 1. The number of rotatable bonds is 13. The first-order chi connectivity index (χ1) is 17.0. The molecular weight excluding hydrogens is 476 g/mol. The van der Waals surface area contributed by atoms with Gasteiger partial charge in [-0.15, -0.1) is 0 Å². The van der Waals surface area contributed by atoms with Crippen molar-refractivity contribution in [3.8, 4) is 0 Å². The van der Waals surface area contributed by atoms with Crippen LogP contribution in [-0.2, 0) is 23.2 Å². The number of hydrogen-bond donors (Lipinski definition) is 1. The van der Waals surface area contributed by atoms with E-state index in [0.29, 0.717) is 18.8 Å². The minimum atomic E-state index is -3.66. The number of nitrogens with one attached hydrogen (secondary N) is 1. The standard InChI is InChI=1S/C26H40N6O3S/c1-8-9-13-32(19(2)3)36(33,34)29-21-10-11-26-25(16-21)24(20(4)35-26)12-14-31(7)18-22-15-23(30(5)6)17-27-28-22/h10-11,15-17,19,29H,8-9,12-14,18H2,1-7H3.